The predicted molar refractivity (Wildman–Crippen MR) is 43.6 cm³/mol. The van der Waals surface area contributed by atoms with Crippen molar-refractivity contribution in [3.8, 4) is 0 Å². The highest BCUT2D eigenvalue weighted by atomic mass is 16.7. The van der Waals surface area contributed by atoms with Crippen molar-refractivity contribution in [2.24, 2.45) is 0 Å². The Bertz CT molecular complexity index is 143. The fraction of sp³-hybridized carbons (Fsp3) is 0.875. The van der Waals surface area contributed by atoms with Crippen LogP contribution in [-0.2, 0) is 14.3 Å². The maximum Gasteiger partial charge on any atom is 0.245 e. The summed E-state index contributed by atoms with van der Waals surface area (Å²) in [5, 5.41) is 2.49. The Morgan fingerprint density at radius 2 is 2.50 bits per heavy atom. The lowest BCUT2D eigenvalue weighted by Gasteiger charge is -2.22. The van der Waals surface area contributed by atoms with Gasteiger partial charge in [0.25, 0.3) is 0 Å². The van der Waals surface area contributed by atoms with E-state index in [1.165, 1.54) is 0 Å². The average molecular weight is 173 g/mol. The van der Waals surface area contributed by atoms with Gasteiger partial charge in [-0.1, -0.05) is 0 Å². The van der Waals surface area contributed by atoms with Gasteiger partial charge in [0.15, 0.2) is 6.29 Å². The first-order chi connectivity index (χ1) is 5.83. The van der Waals surface area contributed by atoms with Crippen molar-refractivity contribution >= 4 is 5.91 Å². The zero-order valence-corrected chi connectivity index (χ0v) is 7.34. The molecule has 1 atom stereocenters. The molecular weight excluding hydrogens is 158 g/mol. The summed E-state index contributed by atoms with van der Waals surface area (Å²) < 4.78 is 10.5. The van der Waals surface area contributed by atoms with Gasteiger partial charge in [-0.15, -0.1) is 0 Å². The van der Waals surface area contributed by atoms with Crippen LogP contribution in [0, 0.1) is 0 Å². The van der Waals surface area contributed by atoms with E-state index < -0.39 is 0 Å². The Kier molecular flexibility index (Phi) is 4.04. The van der Waals surface area contributed by atoms with Gasteiger partial charge in [0.1, 0.15) is 6.61 Å². The summed E-state index contributed by atoms with van der Waals surface area (Å²) in [5.41, 5.74) is 0. The van der Waals surface area contributed by atoms with Gasteiger partial charge in [-0.05, 0) is 19.3 Å². The van der Waals surface area contributed by atoms with E-state index >= 15 is 0 Å². The molecule has 4 heteroatoms. The van der Waals surface area contributed by atoms with Crippen LogP contribution in [0.5, 0.6) is 0 Å². The standard InChI is InChI=1S/C8H15NO3/c1-9-7(10)6-12-8-4-2-3-5-11-8/h8H,2-6H2,1H3,(H,9,10). The molecule has 0 saturated carbocycles. The van der Waals surface area contributed by atoms with E-state index in [2.05, 4.69) is 5.32 Å². The third-order valence-electron chi connectivity index (χ3n) is 1.82. The van der Waals surface area contributed by atoms with Crippen LogP contribution in [0.2, 0.25) is 0 Å². The molecule has 1 amide bonds. The molecule has 0 aromatic heterocycles. The minimum Gasteiger partial charge on any atom is -0.357 e. The summed E-state index contributed by atoms with van der Waals surface area (Å²) in [6.07, 6.45) is 2.95. The minimum absolute atomic E-state index is 0.0984. The number of hydrogen-bond acceptors (Lipinski definition) is 3. The molecule has 0 bridgehead atoms. The number of rotatable bonds is 3. The van der Waals surface area contributed by atoms with E-state index in [9.17, 15) is 4.79 Å². The summed E-state index contributed by atoms with van der Waals surface area (Å²) in [6, 6.07) is 0. The average Bonchev–Trinajstić information content (AvgIpc) is 2.16. The Hall–Kier alpha value is -0.610. The summed E-state index contributed by atoms with van der Waals surface area (Å²) in [5.74, 6) is -0.107. The van der Waals surface area contributed by atoms with Crippen LogP contribution in [0.4, 0.5) is 0 Å². The number of carbonyl (C=O) groups is 1. The second kappa shape index (κ2) is 5.11. The number of nitrogens with one attached hydrogen (secondary N) is 1. The van der Waals surface area contributed by atoms with E-state index in [1.54, 1.807) is 7.05 Å². The first-order valence-electron chi connectivity index (χ1n) is 4.26. The van der Waals surface area contributed by atoms with E-state index in [-0.39, 0.29) is 18.8 Å². The summed E-state index contributed by atoms with van der Waals surface area (Å²) in [4.78, 5) is 10.8. The molecule has 1 saturated heterocycles. The predicted octanol–water partition coefficient (Wildman–Crippen LogP) is 0.276. The molecule has 0 spiro atoms. The lowest BCUT2D eigenvalue weighted by Crippen LogP contribution is -2.29. The Labute approximate surface area is 72.2 Å². The van der Waals surface area contributed by atoms with Crippen LogP contribution in [0.3, 0.4) is 0 Å². The monoisotopic (exact) mass is 173 g/mol. The fourth-order valence-corrected chi connectivity index (χ4v) is 1.08. The molecule has 1 fully saturated rings. The number of hydrogen-bond donors (Lipinski definition) is 1. The smallest absolute Gasteiger partial charge is 0.245 e. The van der Waals surface area contributed by atoms with E-state index in [4.69, 9.17) is 9.47 Å². The molecule has 1 unspecified atom stereocenters. The van der Waals surface area contributed by atoms with Crippen molar-refractivity contribution < 1.29 is 14.3 Å². The van der Waals surface area contributed by atoms with Crippen LogP contribution in [0.15, 0.2) is 0 Å². The van der Waals surface area contributed by atoms with Crippen molar-refractivity contribution in [1.29, 1.82) is 0 Å². The molecule has 1 N–H and O–H groups in total. The Balaban J connectivity index is 2.09. The maximum atomic E-state index is 10.8. The summed E-state index contributed by atoms with van der Waals surface area (Å²) >= 11 is 0. The SMILES string of the molecule is CNC(=O)COC1CCCCO1. The van der Waals surface area contributed by atoms with Crippen LogP contribution in [-0.4, -0.2) is 32.5 Å². The number of likely N-dealkylation sites (N-methyl/N-ethyl adjacent to an activating group) is 1. The number of ether oxygens (including phenoxy) is 2. The van der Waals surface area contributed by atoms with Crippen LogP contribution in [0.1, 0.15) is 19.3 Å². The molecule has 0 radical (unpaired) electrons. The third-order valence-corrected chi connectivity index (χ3v) is 1.82. The van der Waals surface area contributed by atoms with E-state index in [0.29, 0.717) is 0 Å². The number of amides is 1. The highest BCUT2D eigenvalue weighted by molar-refractivity contribution is 5.76. The third kappa shape index (κ3) is 3.19. The van der Waals surface area contributed by atoms with E-state index in [0.717, 1.165) is 25.9 Å². The van der Waals surface area contributed by atoms with Gasteiger partial charge >= 0.3 is 0 Å². The lowest BCUT2D eigenvalue weighted by atomic mass is 10.2. The second-order valence-corrected chi connectivity index (χ2v) is 2.78. The Morgan fingerprint density at radius 3 is 3.08 bits per heavy atom. The topological polar surface area (TPSA) is 47.6 Å². The second-order valence-electron chi connectivity index (χ2n) is 2.78. The summed E-state index contributed by atoms with van der Waals surface area (Å²) in [6.45, 7) is 0.847. The Morgan fingerprint density at radius 1 is 1.67 bits per heavy atom. The van der Waals surface area contributed by atoms with Gasteiger partial charge in [-0.3, -0.25) is 4.79 Å². The van der Waals surface area contributed by atoms with Gasteiger partial charge in [-0.25, -0.2) is 0 Å². The molecule has 0 aliphatic carbocycles. The van der Waals surface area contributed by atoms with Gasteiger partial charge in [0, 0.05) is 13.7 Å². The fourth-order valence-electron chi connectivity index (χ4n) is 1.08. The molecular formula is C8H15NO3. The van der Waals surface area contributed by atoms with Gasteiger partial charge in [0.2, 0.25) is 5.91 Å². The molecule has 1 heterocycles. The van der Waals surface area contributed by atoms with E-state index in [1.807, 2.05) is 0 Å². The molecule has 0 aromatic rings. The highest BCUT2D eigenvalue weighted by Crippen LogP contribution is 2.13. The van der Waals surface area contributed by atoms with Crippen LogP contribution >= 0.6 is 0 Å². The van der Waals surface area contributed by atoms with Crippen molar-refractivity contribution in [1.82, 2.24) is 5.32 Å². The highest BCUT2D eigenvalue weighted by Gasteiger charge is 2.14. The normalized spacial score (nSPS) is 23.6. The van der Waals surface area contributed by atoms with Crippen molar-refractivity contribution in [2.45, 2.75) is 25.6 Å². The molecule has 1 aliphatic rings. The van der Waals surface area contributed by atoms with Gasteiger partial charge < -0.3 is 14.8 Å². The largest absolute Gasteiger partial charge is 0.357 e. The molecule has 70 valence electrons. The van der Waals surface area contributed by atoms with Crippen LogP contribution in [0.25, 0.3) is 0 Å². The number of carbonyl (C=O) groups excluding carboxylic acids is 1. The molecule has 4 nitrogen and oxygen atoms in total. The van der Waals surface area contributed by atoms with Gasteiger partial charge in [-0.2, -0.15) is 0 Å². The zero-order chi connectivity index (χ0) is 8.81. The molecule has 12 heavy (non-hydrogen) atoms. The molecule has 1 aliphatic heterocycles. The van der Waals surface area contributed by atoms with Crippen molar-refractivity contribution in [3.63, 3.8) is 0 Å². The minimum atomic E-state index is -0.170. The van der Waals surface area contributed by atoms with Crippen LogP contribution < -0.4 is 5.32 Å². The quantitative estimate of drug-likeness (QED) is 0.666. The first kappa shape index (κ1) is 9.48. The summed E-state index contributed by atoms with van der Waals surface area (Å²) in [7, 11) is 1.59. The first-order valence-corrected chi connectivity index (χ1v) is 4.26. The van der Waals surface area contributed by atoms with Crippen molar-refractivity contribution in [2.75, 3.05) is 20.3 Å². The zero-order valence-electron chi connectivity index (χ0n) is 7.34. The van der Waals surface area contributed by atoms with Gasteiger partial charge in [0.05, 0.1) is 0 Å². The molecule has 1 rings (SSSR count). The maximum absolute atomic E-state index is 10.8. The lowest BCUT2D eigenvalue weighted by molar-refractivity contribution is -0.169. The van der Waals surface area contributed by atoms with Crippen molar-refractivity contribution in [3.05, 3.63) is 0 Å². The molecule has 0 aromatic carbocycles.